The Morgan fingerprint density at radius 1 is 1.11 bits per heavy atom. The summed E-state index contributed by atoms with van der Waals surface area (Å²) >= 11 is 0. The molecular formula is C20H28N4O4. The predicted octanol–water partition coefficient (Wildman–Crippen LogP) is 2.29. The molecule has 1 aromatic rings. The van der Waals surface area contributed by atoms with Gasteiger partial charge in [-0.15, -0.1) is 0 Å². The lowest BCUT2D eigenvalue weighted by molar-refractivity contribution is -0.139. The second kappa shape index (κ2) is 7.58. The zero-order valence-electron chi connectivity index (χ0n) is 16.0. The van der Waals surface area contributed by atoms with Crippen LogP contribution in [0.15, 0.2) is 18.3 Å². The van der Waals surface area contributed by atoms with Crippen LogP contribution >= 0.6 is 0 Å². The van der Waals surface area contributed by atoms with E-state index in [4.69, 9.17) is 5.11 Å². The van der Waals surface area contributed by atoms with E-state index in [-0.39, 0.29) is 11.5 Å². The summed E-state index contributed by atoms with van der Waals surface area (Å²) in [6, 6.07) is 3.82. The summed E-state index contributed by atoms with van der Waals surface area (Å²) in [5.41, 5.74) is 0.209. The number of pyridine rings is 1. The third-order valence-electron chi connectivity index (χ3n) is 6.70. The van der Waals surface area contributed by atoms with Crippen molar-refractivity contribution >= 4 is 23.5 Å². The normalized spacial score (nSPS) is 27.2. The Morgan fingerprint density at radius 3 is 2.39 bits per heavy atom. The molecule has 1 spiro atoms. The van der Waals surface area contributed by atoms with Gasteiger partial charge in [0.25, 0.3) is 0 Å². The molecule has 152 valence electrons. The van der Waals surface area contributed by atoms with Crippen LogP contribution in [0.25, 0.3) is 0 Å². The van der Waals surface area contributed by atoms with Crippen LogP contribution in [0, 0.1) is 5.41 Å². The number of amides is 2. The van der Waals surface area contributed by atoms with Gasteiger partial charge in [-0.1, -0.05) is 0 Å². The van der Waals surface area contributed by atoms with Gasteiger partial charge < -0.3 is 20.0 Å². The van der Waals surface area contributed by atoms with Crippen LogP contribution in [-0.4, -0.2) is 63.9 Å². The van der Waals surface area contributed by atoms with Crippen molar-refractivity contribution in [2.24, 2.45) is 5.41 Å². The number of hydrogen-bond donors (Lipinski definition) is 3. The van der Waals surface area contributed by atoms with Crippen molar-refractivity contribution in [2.45, 2.75) is 57.1 Å². The van der Waals surface area contributed by atoms with Crippen molar-refractivity contribution in [3.8, 4) is 0 Å². The number of nitrogens with one attached hydrogen (secondary N) is 1. The van der Waals surface area contributed by atoms with E-state index in [9.17, 15) is 14.7 Å². The maximum Gasteiger partial charge on any atom is 0.409 e. The van der Waals surface area contributed by atoms with E-state index in [1.54, 1.807) is 6.07 Å². The SMILES string of the molecule is O=C(O)Nc1ccc(N2CCC3(CC2)CCN([C@H]2CC[C@@H](O)CC2)C3=O)nc1. The van der Waals surface area contributed by atoms with Crippen LogP contribution in [0.4, 0.5) is 16.3 Å². The van der Waals surface area contributed by atoms with Gasteiger partial charge in [-0.3, -0.25) is 10.1 Å². The van der Waals surface area contributed by atoms with Crippen LogP contribution in [-0.2, 0) is 4.79 Å². The number of rotatable bonds is 3. The second-order valence-corrected chi connectivity index (χ2v) is 8.31. The Labute approximate surface area is 164 Å². The molecule has 0 unspecified atom stereocenters. The van der Waals surface area contributed by atoms with Gasteiger partial charge in [0.05, 0.1) is 23.4 Å². The number of carbonyl (C=O) groups is 2. The van der Waals surface area contributed by atoms with E-state index in [1.807, 2.05) is 6.07 Å². The molecule has 1 aromatic heterocycles. The van der Waals surface area contributed by atoms with Crippen molar-refractivity contribution < 1.29 is 19.8 Å². The number of hydrogen-bond acceptors (Lipinski definition) is 5. The van der Waals surface area contributed by atoms with Crippen LogP contribution in [0.1, 0.15) is 44.9 Å². The number of likely N-dealkylation sites (tertiary alicyclic amines) is 1. The van der Waals surface area contributed by atoms with Crippen molar-refractivity contribution in [2.75, 3.05) is 29.9 Å². The highest BCUT2D eigenvalue weighted by Gasteiger charge is 2.50. The molecule has 0 atom stereocenters. The topological polar surface area (TPSA) is 106 Å². The molecule has 1 saturated carbocycles. The lowest BCUT2D eigenvalue weighted by atomic mass is 9.77. The van der Waals surface area contributed by atoms with Crippen molar-refractivity contribution in [1.29, 1.82) is 0 Å². The Hall–Kier alpha value is -2.35. The highest BCUT2D eigenvalue weighted by Crippen LogP contribution is 2.44. The van der Waals surface area contributed by atoms with Gasteiger partial charge >= 0.3 is 6.09 Å². The van der Waals surface area contributed by atoms with Crippen LogP contribution in [0.5, 0.6) is 0 Å². The molecule has 4 rings (SSSR count). The Balaban J connectivity index is 1.36. The summed E-state index contributed by atoms with van der Waals surface area (Å²) in [5.74, 6) is 1.12. The van der Waals surface area contributed by atoms with Crippen LogP contribution < -0.4 is 10.2 Å². The summed E-state index contributed by atoms with van der Waals surface area (Å²) in [7, 11) is 0. The lowest BCUT2D eigenvalue weighted by Gasteiger charge is -2.40. The van der Waals surface area contributed by atoms with E-state index in [1.165, 1.54) is 6.20 Å². The maximum atomic E-state index is 13.2. The summed E-state index contributed by atoms with van der Waals surface area (Å²) in [6.07, 6.45) is 6.22. The first-order chi connectivity index (χ1) is 13.5. The van der Waals surface area contributed by atoms with E-state index >= 15 is 0 Å². The van der Waals surface area contributed by atoms with E-state index < -0.39 is 6.09 Å². The minimum atomic E-state index is -1.11. The van der Waals surface area contributed by atoms with Gasteiger partial charge in [0, 0.05) is 25.7 Å². The number of nitrogens with zero attached hydrogens (tertiary/aromatic N) is 3. The summed E-state index contributed by atoms with van der Waals surface area (Å²) in [4.78, 5) is 32.5. The minimum Gasteiger partial charge on any atom is -0.465 e. The van der Waals surface area contributed by atoms with Gasteiger partial charge in [0.1, 0.15) is 5.82 Å². The van der Waals surface area contributed by atoms with Crippen molar-refractivity contribution in [3.63, 3.8) is 0 Å². The molecule has 28 heavy (non-hydrogen) atoms. The lowest BCUT2D eigenvalue weighted by Crippen LogP contribution is -2.47. The fraction of sp³-hybridized carbons (Fsp3) is 0.650. The first-order valence-corrected chi connectivity index (χ1v) is 10.2. The Kier molecular flexibility index (Phi) is 5.14. The number of anilines is 2. The third kappa shape index (κ3) is 3.65. The number of carboxylic acid groups (broad SMARTS) is 1. The van der Waals surface area contributed by atoms with E-state index in [0.29, 0.717) is 17.6 Å². The Bertz CT molecular complexity index is 722. The molecule has 3 N–H and O–H groups in total. The fourth-order valence-electron chi connectivity index (χ4n) is 4.96. The van der Waals surface area contributed by atoms with Gasteiger partial charge in [-0.25, -0.2) is 9.78 Å². The zero-order valence-corrected chi connectivity index (χ0v) is 16.0. The van der Waals surface area contributed by atoms with Gasteiger partial charge in [0.15, 0.2) is 0 Å². The van der Waals surface area contributed by atoms with Crippen LogP contribution in [0.2, 0.25) is 0 Å². The number of aromatic nitrogens is 1. The quantitative estimate of drug-likeness (QED) is 0.734. The van der Waals surface area contributed by atoms with Crippen molar-refractivity contribution in [3.05, 3.63) is 18.3 Å². The van der Waals surface area contributed by atoms with Crippen molar-refractivity contribution in [1.82, 2.24) is 9.88 Å². The highest BCUT2D eigenvalue weighted by molar-refractivity contribution is 5.85. The average Bonchev–Trinajstić information content (AvgIpc) is 3.00. The predicted molar refractivity (Wildman–Crippen MR) is 104 cm³/mol. The molecule has 8 nitrogen and oxygen atoms in total. The first kappa shape index (κ1) is 19.0. The molecule has 3 heterocycles. The van der Waals surface area contributed by atoms with Gasteiger partial charge in [-0.05, 0) is 57.1 Å². The molecular weight excluding hydrogens is 360 g/mol. The maximum absolute atomic E-state index is 13.2. The van der Waals surface area contributed by atoms with Gasteiger partial charge in [0.2, 0.25) is 5.91 Å². The molecule has 1 aliphatic carbocycles. The largest absolute Gasteiger partial charge is 0.465 e. The molecule has 2 amide bonds. The van der Waals surface area contributed by atoms with Gasteiger partial charge in [-0.2, -0.15) is 0 Å². The molecule has 0 bridgehead atoms. The molecule has 3 fully saturated rings. The number of aliphatic hydroxyl groups is 1. The summed E-state index contributed by atoms with van der Waals surface area (Å²) in [5, 5.41) is 20.8. The number of piperidine rings is 1. The smallest absolute Gasteiger partial charge is 0.409 e. The van der Waals surface area contributed by atoms with E-state index in [0.717, 1.165) is 70.4 Å². The third-order valence-corrected chi connectivity index (χ3v) is 6.70. The first-order valence-electron chi connectivity index (χ1n) is 10.2. The monoisotopic (exact) mass is 388 g/mol. The number of carbonyl (C=O) groups excluding carboxylic acids is 1. The molecule has 2 aliphatic heterocycles. The molecule has 0 aromatic carbocycles. The second-order valence-electron chi connectivity index (χ2n) is 8.31. The Morgan fingerprint density at radius 2 is 1.79 bits per heavy atom. The standard InChI is InChI=1S/C20H28N4O4/c25-16-4-2-15(3-5-16)24-12-9-20(18(24)26)7-10-23(11-8-20)17-6-1-14(13-21-17)22-19(27)28/h1,6,13,15-16,22,25H,2-5,7-12H2,(H,27,28)/t15-,16+. The van der Waals surface area contributed by atoms with E-state index in [2.05, 4.69) is 20.1 Å². The zero-order chi connectivity index (χ0) is 19.7. The van der Waals surface area contributed by atoms with Crippen LogP contribution in [0.3, 0.4) is 0 Å². The average molecular weight is 388 g/mol. The highest BCUT2D eigenvalue weighted by atomic mass is 16.4. The molecule has 3 aliphatic rings. The minimum absolute atomic E-state index is 0.198. The fourth-order valence-corrected chi connectivity index (χ4v) is 4.96. The molecule has 2 saturated heterocycles. The number of aliphatic hydroxyl groups excluding tert-OH is 1. The summed E-state index contributed by atoms with van der Waals surface area (Å²) in [6.45, 7) is 2.40. The molecule has 8 heteroatoms. The molecule has 0 radical (unpaired) electrons. The summed E-state index contributed by atoms with van der Waals surface area (Å²) < 4.78 is 0.